The summed E-state index contributed by atoms with van der Waals surface area (Å²) in [5.74, 6) is 1.97. The van der Waals surface area contributed by atoms with Crippen molar-refractivity contribution in [2.75, 3.05) is 0 Å². The summed E-state index contributed by atoms with van der Waals surface area (Å²) < 4.78 is 2.43. The van der Waals surface area contributed by atoms with Gasteiger partial charge in [-0.15, -0.1) is 11.3 Å². The van der Waals surface area contributed by atoms with E-state index in [0.29, 0.717) is 17.5 Å². The van der Waals surface area contributed by atoms with Crippen molar-refractivity contribution in [3.8, 4) is 67.5 Å². The number of aromatic nitrogens is 3. The summed E-state index contributed by atoms with van der Waals surface area (Å²) in [5, 5.41) is 2.47. The second-order valence-corrected chi connectivity index (χ2v) is 15.7. The normalized spacial score (nSPS) is 13.1. The molecule has 0 unspecified atom stereocenters. The zero-order valence-electron chi connectivity index (χ0n) is 30.1. The lowest BCUT2D eigenvalue weighted by Crippen LogP contribution is -2.25. The molecular weight excluding hydrogens is 699 g/mol. The molecule has 10 aromatic rings. The summed E-state index contributed by atoms with van der Waals surface area (Å²) in [7, 11) is 0. The summed E-state index contributed by atoms with van der Waals surface area (Å²) in [6.07, 6.45) is 0. The standard InChI is InChI=1S/C52H31N3S/c1-2-15-32(16-3-1)49-53-50(55-51(54-49)42-24-14-23-40-39-21-9-13-28-47(39)56-48(40)42)41-22-5-4-17-34(41)33-29-30-38-37-20-8-12-27-45(37)52(46(38)31-33)43-25-10-6-18-35(43)36-19-7-11-26-44(36)52/h1-31H. The molecule has 2 aromatic heterocycles. The van der Waals surface area contributed by atoms with Gasteiger partial charge in [-0.1, -0.05) is 170 Å². The van der Waals surface area contributed by atoms with Crippen molar-refractivity contribution in [2.24, 2.45) is 0 Å². The van der Waals surface area contributed by atoms with Crippen LogP contribution in [0.2, 0.25) is 0 Å². The molecule has 2 aliphatic rings. The molecule has 2 aliphatic carbocycles. The zero-order chi connectivity index (χ0) is 36.8. The van der Waals surface area contributed by atoms with E-state index in [1.54, 1.807) is 11.3 Å². The third kappa shape index (κ3) is 4.36. The highest BCUT2D eigenvalue weighted by molar-refractivity contribution is 7.26. The molecule has 0 N–H and O–H groups in total. The van der Waals surface area contributed by atoms with Gasteiger partial charge in [0.05, 0.1) is 5.41 Å². The molecule has 8 aromatic carbocycles. The van der Waals surface area contributed by atoms with E-state index >= 15 is 0 Å². The molecule has 4 heteroatoms. The summed E-state index contributed by atoms with van der Waals surface area (Å²) in [6, 6.07) is 67.8. The van der Waals surface area contributed by atoms with Gasteiger partial charge in [0.25, 0.3) is 0 Å². The highest BCUT2D eigenvalue weighted by Gasteiger charge is 2.51. The predicted octanol–water partition coefficient (Wildman–Crippen LogP) is 13.3. The van der Waals surface area contributed by atoms with Gasteiger partial charge >= 0.3 is 0 Å². The Labute approximate surface area is 328 Å². The molecule has 0 fully saturated rings. The van der Waals surface area contributed by atoms with Crippen LogP contribution in [-0.4, -0.2) is 15.0 Å². The summed E-state index contributed by atoms with van der Waals surface area (Å²) in [5.41, 5.74) is 15.2. The molecule has 0 amide bonds. The Morgan fingerprint density at radius 3 is 1.52 bits per heavy atom. The number of hydrogen-bond donors (Lipinski definition) is 0. The lowest BCUT2D eigenvalue weighted by Gasteiger charge is -2.30. The molecule has 1 spiro atoms. The zero-order valence-corrected chi connectivity index (χ0v) is 31.0. The molecule has 0 aliphatic heterocycles. The Morgan fingerprint density at radius 2 is 0.821 bits per heavy atom. The number of nitrogens with zero attached hydrogens (tertiary/aromatic N) is 3. The maximum atomic E-state index is 5.33. The van der Waals surface area contributed by atoms with Gasteiger partial charge in [0.2, 0.25) is 0 Å². The monoisotopic (exact) mass is 729 g/mol. The van der Waals surface area contributed by atoms with Crippen LogP contribution >= 0.6 is 11.3 Å². The molecule has 12 rings (SSSR count). The SMILES string of the molecule is c1ccc(-c2nc(-c3ccccc3-c3ccc4c(c3)C3(c5ccccc5-c5ccccc53)c3ccccc3-4)nc(-c3cccc4c3sc3ccccc34)n2)cc1. The molecule has 0 atom stereocenters. The first-order valence-electron chi connectivity index (χ1n) is 19.0. The fourth-order valence-electron chi connectivity index (χ4n) is 9.45. The highest BCUT2D eigenvalue weighted by Crippen LogP contribution is 2.63. The number of rotatable bonds is 4. The van der Waals surface area contributed by atoms with E-state index in [4.69, 9.17) is 15.0 Å². The Hall–Kier alpha value is -7.01. The van der Waals surface area contributed by atoms with Gasteiger partial charge in [-0.25, -0.2) is 15.0 Å². The van der Waals surface area contributed by atoms with Gasteiger partial charge in [-0.3, -0.25) is 0 Å². The van der Waals surface area contributed by atoms with Crippen molar-refractivity contribution in [1.82, 2.24) is 15.0 Å². The third-order valence-electron chi connectivity index (χ3n) is 11.8. The van der Waals surface area contributed by atoms with Crippen LogP contribution < -0.4 is 0 Å². The van der Waals surface area contributed by atoms with Crippen molar-refractivity contribution in [3.63, 3.8) is 0 Å². The molecule has 3 nitrogen and oxygen atoms in total. The van der Waals surface area contributed by atoms with Gasteiger partial charge in [-0.05, 0) is 73.8 Å². The molecule has 0 saturated carbocycles. The fourth-order valence-corrected chi connectivity index (χ4v) is 10.7. The summed E-state index contributed by atoms with van der Waals surface area (Å²) in [6.45, 7) is 0. The van der Waals surface area contributed by atoms with Crippen molar-refractivity contribution in [2.45, 2.75) is 5.41 Å². The van der Waals surface area contributed by atoms with E-state index in [1.165, 1.54) is 64.7 Å². The van der Waals surface area contributed by atoms with Crippen LogP contribution in [0.1, 0.15) is 22.3 Å². The second kappa shape index (κ2) is 12.0. The molecule has 56 heavy (non-hydrogen) atoms. The van der Waals surface area contributed by atoms with Gasteiger partial charge < -0.3 is 0 Å². The molecule has 0 radical (unpaired) electrons. The van der Waals surface area contributed by atoms with E-state index in [-0.39, 0.29) is 0 Å². The molecule has 2 heterocycles. The third-order valence-corrected chi connectivity index (χ3v) is 13.0. The maximum Gasteiger partial charge on any atom is 0.165 e. The topological polar surface area (TPSA) is 38.7 Å². The van der Waals surface area contributed by atoms with Gasteiger partial charge in [0, 0.05) is 36.9 Å². The first kappa shape index (κ1) is 31.4. The fraction of sp³-hybridized carbons (Fsp3) is 0.0192. The number of benzene rings is 8. The van der Waals surface area contributed by atoms with Crippen LogP contribution in [0.4, 0.5) is 0 Å². The van der Waals surface area contributed by atoms with E-state index in [9.17, 15) is 0 Å². The minimum absolute atomic E-state index is 0.423. The summed E-state index contributed by atoms with van der Waals surface area (Å²) in [4.78, 5) is 15.7. The van der Waals surface area contributed by atoms with Gasteiger partial charge in [0.1, 0.15) is 0 Å². The predicted molar refractivity (Wildman–Crippen MR) is 231 cm³/mol. The van der Waals surface area contributed by atoms with Crippen LogP contribution in [0.25, 0.3) is 87.7 Å². The smallest absolute Gasteiger partial charge is 0.165 e. The Balaban J connectivity index is 1.09. The number of thiophene rings is 1. The van der Waals surface area contributed by atoms with Crippen LogP contribution in [-0.2, 0) is 5.41 Å². The lowest BCUT2D eigenvalue weighted by atomic mass is 9.70. The van der Waals surface area contributed by atoms with Crippen molar-refractivity contribution in [1.29, 1.82) is 0 Å². The minimum Gasteiger partial charge on any atom is -0.208 e. The van der Waals surface area contributed by atoms with Crippen LogP contribution in [0.3, 0.4) is 0 Å². The Bertz CT molecular complexity index is 3150. The molecule has 0 saturated heterocycles. The van der Waals surface area contributed by atoms with Crippen molar-refractivity contribution < 1.29 is 0 Å². The molecule has 0 bridgehead atoms. The first-order chi connectivity index (χ1) is 27.8. The van der Waals surface area contributed by atoms with Gasteiger partial charge in [-0.2, -0.15) is 0 Å². The van der Waals surface area contributed by atoms with Crippen LogP contribution in [0.15, 0.2) is 188 Å². The van der Waals surface area contributed by atoms with Crippen molar-refractivity contribution in [3.05, 3.63) is 210 Å². The van der Waals surface area contributed by atoms with E-state index in [2.05, 4.69) is 170 Å². The van der Waals surface area contributed by atoms with E-state index < -0.39 is 5.41 Å². The highest BCUT2D eigenvalue weighted by atomic mass is 32.1. The number of hydrogen-bond acceptors (Lipinski definition) is 4. The molecular formula is C52H31N3S. The molecule has 260 valence electrons. The average Bonchev–Trinajstić information content (AvgIpc) is 3.91. The Kier molecular flexibility index (Phi) is 6.72. The maximum absolute atomic E-state index is 5.33. The van der Waals surface area contributed by atoms with Gasteiger partial charge in [0.15, 0.2) is 17.5 Å². The van der Waals surface area contributed by atoms with E-state index in [0.717, 1.165) is 27.8 Å². The Morgan fingerprint density at radius 1 is 0.321 bits per heavy atom. The first-order valence-corrected chi connectivity index (χ1v) is 19.8. The summed E-state index contributed by atoms with van der Waals surface area (Å²) >= 11 is 1.79. The lowest BCUT2D eigenvalue weighted by molar-refractivity contribution is 0.794. The largest absolute Gasteiger partial charge is 0.208 e. The van der Waals surface area contributed by atoms with Crippen molar-refractivity contribution >= 4 is 31.5 Å². The van der Waals surface area contributed by atoms with Crippen LogP contribution in [0.5, 0.6) is 0 Å². The quantitative estimate of drug-likeness (QED) is 0.181. The van der Waals surface area contributed by atoms with Crippen LogP contribution in [0, 0.1) is 0 Å². The minimum atomic E-state index is -0.423. The van der Waals surface area contributed by atoms with E-state index in [1.807, 2.05) is 18.2 Å². The average molecular weight is 730 g/mol. The number of fused-ring (bicyclic) bond motifs is 13. The second-order valence-electron chi connectivity index (χ2n) is 14.6.